The zero-order valence-corrected chi connectivity index (χ0v) is 14.4. The Morgan fingerprint density at radius 3 is 2.56 bits per heavy atom. The van der Waals surface area contributed by atoms with Crippen molar-refractivity contribution in [3.63, 3.8) is 0 Å². The number of carbonyl (C=O) groups excluding carboxylic acids is 2. The summed E-state index contributed by atoms with van der Waals surface area (Å²) in [6.07, 6.45) is 0.218. The van der Waals surface area contributed by atoms with Gasteiger partial charge in [-0.3, -0.25) is 9.48 Å². The number of esters is 1. The lowest BCUT2D eigenvalue weighted by Gasteiger charge is -2.28. The van der Waals surface area contributed by atoms with Gasteiger partial charge in [0.05, 0.1) is 32.3 Å². The molecule has 1 aliphatic rings. The number of amides is 1. The average molecular weight is 344 g/mol. The summed E-state index contributed by atoms with van der Waals surface area (Å²) in [6, 6.07) is 1.66. The Morgan fingerprint density at radius 1 is 1.24 bits per heavy atom. The second-order valence-electron chi connectivity index (χ2n) is 5.96. The number of nitrogens with two attached hydrogens (primary N) is 1. The van der Waals surface area contributed by atoms with Crippen molar-refractivity contribution in [1.82, 2.24) is 24.6 Å². The average Bonchev–Trinajstić information content (AvgIpc) is 3.00. The van der Waals surface area contributed by atoms with E-state index in [2.05, 4.69) is 19.8 Å². The predicted molar refractivity (Wildman–Crippen MR) is 88.6 cm³/mol. The van der Waals surface area contributed by atoms with Gasteiger partial charge < -0.3 is 15.4 Å². The molecule has 2 aromatic rings. The molecule has 0 spiro atoms. The first-order valence-electron chi connectivity index (χ1n) is 7.91. The molecule has 0 aromatic carbocycles. The summed E-state index contributed by atoms with van der Waals surface area (Å²) in [4.78, 5) is 34.3. The van der Waals surface area contributed by atoms with Gasteiger partial charge in [-0.05, 0) is 19.9 Å². The lowest BCUT2D eigenvalue weighted by molar-refractivity contribution is -0.132. The molecule has 0 radical (unpaired) electrons. The number of ether oxygens (including phenoxy) is 1. The van der Waals surface area contributed by atoms with E-state index in [0.29, 0.717) is 31.0 Å². The number of fused-ring (bicyclic) bond motifs is 1. The van der Waals surface area contributed by atoms with E-state index in [1.54, 1.807) is 15.6 Å². The molecule has 0 aliphatic carbocycles. The molecule has 25 heavy (non-hydrogen) atoms. The number of hydrogen-bond acceptors (Lipinski definition) is 7. The molecule has 132 valence electrons. The van der Waals surface area contributed by atoms with Gasteiger partial charge in [0.1, 0.15) is 0 Å². The van der Waals surface area contributed by atoms with Crippen LogP contribution in [0.5, 0.6) is 0 Å². The van der Waals surface area contributed by atoms with Gasteiger partial charge in [0, 0.05) is 23.5 Å². The SMILES string of the molecule is COC(=O)c1cc2n(n1)CCN(C(=O)Cc1c(C)nc(N)nc1C)C2. The van der Waals surface area contributed by atoms with E-state index >= 15 is 0 Å². The van der Waals surface area contributed by atoms with Gasteiger partial charge in [-0.2, -0.15) is 5.10 Å². The van der Waals surface area contributed by atoms with Gasteiger partial charge in [0.25, 0.3) is 0 Å². The highest BCUT2D eigenvalue weighted by atomic mass is 16.5. The smallest absolute Gasteiger partial charge is 0.358 e. The molecular formula is C16H20N6O3. The summed E-state index contributed by atoms with van der Waals surface area (Å²) in [5.74, 6) is -0.292. The molecule has 2 N–H and O–H groups in total. The minimum atomic E-state index is -0.481. The van der Waals surface area contributed by atoms with Crippen molar-refractivity contribution in [2.24, 2.45) is 0 Å². The number of nitrogen functional groups attached to an aromatic ring is 1. The summed E-state index contributed by atoms with van der Waals surface area (Å²) < 4.78 is 6.42. The van der Waals surface area contributed by atoms with Crippen LogP contribution in [0.3, 0.4) is 0 Å². The topological polar surface area (TPSA) is 116 Å². The van der Waals surface area contributed by atoms with E-state index in [1.807, 2.05) is 13.8 Å². The molecule has 1 aliphatic heterocycles. The second kappa shape index (κ2) is 6.50. The molecule has 3 rings (SSSR count). The molecule has 9 nitrogen and oxygen atoms in total. The summed E-state index contributed by atoms with van der Waals surface area (Å²) in [7, 11) is 1.32. The molecule has 0 saturated carbocycles. The highest BCUT2D eigenvalue weighted by molar-refractivity contribution is 5.87. The molecule has 0 saturated heterocycles. The molecule has 2 aromatic heterocycles. The van der Waals surface area contributed by atoms with Crippen LogP contribution in [0, 0.1) is 13.8 Å². The summed E-state index contributed by atoms with van der Waals surface area (Å²) in [6.45, 7) is 5.11. The zero-order valence-electron chi connectivity index (χ0n) is 14.4. The predicted octanol–water partition coefficient (Wildman–Crippen LogP) is 0.244. The number of aromatic nitrogens is 4. The van der Waals surface area contributed by atoms with Gasteiger partial charge in [0.2, 0.25) is 11.9 Å². The monoisotopic (exact) mass is 344 g/mol. The van der Waals surface area contributed by atoms with Gasteiger partial charge in [-0.1, -0.05) is 0 Å². The largest absolute Gasteiger partial charge is 0.464 e. The third-order valence-electron chi connectivity index (χ3n) is 4.31. The maximum absolute atomic E-state index is 12.7. The van der Waals surface area contributed by atoms with E-state index in [1.165, 1.54) is 7.11 Å². The van der Waals surface area contributed by atoms with E-state index in [0.717, 1.165) is 11.3 Å². The van der Waals surface area contributed by atoms with Crippen LogP contribution in [-0.2, 0) is 29.0 Å². The fourth-order valence-corrected chi connectivity index (χ4v) is 2.97. The lowest BCUT2D eigenvalue weighted by atomic mass is 10.1. The number of rotatable bonds is 3. The number of methoxy groups -OCH3 is 1. The minimum absolute atomic E-state index is 0.0216. The molecule has 3 heterocycles. The highest BCUT2D eigenvalue weighted by Gasteiger charge is 2.25. The van der Waals surface area contributed by atoms with Gasteiger partial charge in [0.15, 0.2) is 5.69 Å². The van der Waals surface area contributed by atoms with Gasteiger partial charge in [-0.25, -0.2) is 14.8 Å². The first kappa shape index (κ1) is 16.9. The van der Waals surface area contributed by atoms with Gasteiger partial charge >= 0.3 is 5.97 Å². The summed E-state index contributed by atoms with van der Waals surface area (Å²) in [5, 5.41) is 4.21. The van der Waals surface area contributed by atoms with Crippen molar-refractivity contribution in [3.05, 3.63) is 34.4 Å². The number of aryl methyl sites for hydroxylation is 2. The second-order valence-corrected chi connectivity index (χ2v) is 5.96. The molecule has 1 amide bonds. The summed E-state index contributed by atoms with van der Waals surface area (Å²) >= 11 is 0. The quantitative estimate of drug-likeness (QED) is 0.793. The van der Waals surface area contributed by atoms with Crippen molar-refractivity contribution < 1.29 is 14.3 Å². The fourth-order valence-electron chi connectivity index (χ4n) is 2.97. The lowest BCUT2D eigenvalue weighted by Crippen LogP contribution is -2.39. The van der Waals surface area contributed by atoms with Crippen molar-refractivity contribution in [1.29, 1.82) is 0 Å². The van der Waals surface area contributed by atoms with E-state index in [4.69, 9.17) is 5.73 Å². The van der Waals surface area contributed by atoms with Crippen LogP contribution < -0.4 is 5.73 Å². The van der Waals surface area contributed by atoms with Crippen LogP contribution in [0.1, 0.15) is 33.1 Å². The van der Waals surface area contributed by atoms with Crippen LogP contribution >= 0.6 is 0 Å². The van der Waals surface area contributed by atoms with E-state index in [-0.39, 0.29) is 24.0 Å². The Labute approximate surface area is 144 Å². The van der Waals surface area contributed by atoms with Crippen LogP contribution in [0.15, 0.2) is 6.07 Å². The Hall–Kier alpha value is -2.97. The number of anilines is 1. The molecular weight excluding hydrogens is 324 g/mol. The van der Waals surface area contributed by atoms with Gasteiger partial charge in [-0.15, -0.1) is 0 Å². The first-order chi connectivity index (χ1) is 11.9. The van der Waals surface area contributed by atoms with Crippen LogP contribution in [0.4, 0.5) is 5.95 Å². The Kier molecular flexibility index (Phi) is 4.39. The first-order valence-corrected chi connectivity index (χ1v) is 7.91. The highest BCUT2D eigenvalue weighted by Crippen LogP contribution is 2.18. The van der Waals surface area contributed by atoms with Crippen molar-refractivity contribution in [3.8, 4) is 0 Å². The molecule has 0 atom stereocenters. The van der Waals surface area contributed by atoms with Crippen LogP contribution in [0.25, 0.3) is 0 Å². The zero-order chi connectivity index (χ0) is 18.1. The summed E-state index contributed by atoms with van der Waals surface area (Å²) in [5.41, 5.74) is 8.92. The standard InChI is InChI=1S/C16H20N6O3/c1-9-12(10(2)19-16(17)18-9)7-14(23)21-4-5-22-11(8-21)6-13(20-22)15(24)25-3/h6H,4-5,7-8H2,1-3H3,(H2,17,18,19). The molecule has 0 unspecified atom stereocenters. The van der Waals surface area contributed by atoms with E-state index in [9.17, 15) is 9.59 Å². The third kappa shape index (κ3) is 3.30. The number of nitrogens with zero attached hydrogens (tertiary/aromatic N) is 5. The molecule has 0 fully saturated rings. The van der Waals surface area contributed by atoms with Crippen LogP contribution in [-0.4, -0.2) is 50.2 Å². The van der Waals surface area contributed by atoms with Crippen molar-refractivity contribution in [2.45, 2.75) is 33.4 Å². The normalized spacial score (nSPS) is 13.5. The minimum Gasteiger partial charge on any atom is -0.464 e. The Bertz CT molecular complexity index is 821. The van der Waals surface area contributed by atoms with Crippen molar-refractivity contribution in [2.75, 3.05) is 19.4 Å². The van der Waals surface area contributed by atoms with Crippen LogP contribution in [0.2, 0.25) is 0 Å². The fraction of sp³-hybridized carbons (Fsp3) is 0.438. The number of carbonyl (C=O) groups is 2. The van der Waals surface area contributed by atoms with Crippen molar-refractivity contribution >= 4 is 17.8 Å². The van der Waals surface area contributed by atoms with E-state index < -0.39 is 5.97 Å². The molecule has 9 heteroatoms. The third-order valence-corrected chi connectivity index (χ3v) is 4.31. The maximum atomic E-state index is 12.7. The molecule has 0 bridgehead atoms. The maximum Gasteiger partial charge on any atom is 0.358 e. The Morgan fingerprint density at radius 2 is 1.92 bits per heavy atom. The number of hydrogen-bond donors (Lipinski definition) is 1. The Balaban J connectivity index is 1.75.